The zero-order valence-electron chi connectivity index (χ0n) is 13.0. The van der Waals surface area contributed by atoms with Crippen LogP contribution in [0, 0.1) is 0 Å². The minimum atomic E-state index is -0.451. The summed E-state index contributed by atoms with van der Waals surface area (Å²) in [6, 6.07) is 2.14. The second-order valence-electron chi connectivity index (χ2n) is 6.00. The van der Waals surface area contributed by atoms with Crippen LogP contribution >= 0.6 is 11.3 Å². The Morgan fingerprint density at radius 1 is 1.52 bits per heavy atom. The molecule has 1 N–H and O–H groups in total. The Labute approximate surface area is 131 Å². The summed E-state index contributed by atoms with van der Waals surface area (Å²) in [4.78, 5) is 2.28. The highest BCUT2D eigenvalue weighted by molar-refractivity contribution is 7.07. The third-order valence-electron chi connectivity index (χ3n) is 3.56. The van der Waals surface area contributed by atoms with E-state index in [2.05, 4.69) is 21.7 Å². The Hall–Kier alpha value is -0.460. The fourth-order valence-corrected chi connectivity index (χ4v) is 3.23. The molecule has 0 bridgehead atoms. The molecule has 1 fully saturated rings. The minimum Gasteiger partial charge on any atom is -0.389 e. The molecule has 1 aliphatic rings. The van der Waals surface area contributed by atoms with Crippen molar-refractivity contribution in [3.63, 3.8) is 0 Å². The van der Waals surface area contributed by atoms with E-state index < -0.39 is 6.10 Å². The van der Waals surface area contributed by atoms with E-state index in [0.29, 0.717) is 19.3 Å². The molecule has 2 rings (SSSR count). The van der Waals surface area contributed by atoms with Crippen LogP contribution in [0.2, 0.25) is 0 Å². The maximum absolute atomic E-state index is 10.2. The topological polar surface area (TPSA) is 41.9 Å². The first-order chi connectivity index (χ1) is 10.1. The molecule has 0 unspecified atom stereocenters. The molecular weight excluding hydrogens is 286 g/mol. The number of rotatable bonds is 9. The molecule has 1 saturated heterocycles. The number of nitrogens with zero attached hydrogens (tertiary/aromatic N) is 1. The molecular formula is C16H27NO3S. The van der Waals surface area contributed by atoms with Gasteiger partial charge in [0, 0.05) is 26.2 Å². The summed E-state index contributed by atoms with van der Waals surface area (Å²) in [5.41, 5.74) is 1.30. The number of aliphatic hydroxyl groups is 1. The minimum absolute atomic E-state index is 0.156. The predicted molar refractivity (Wildman–Crippen MR) is 85.7 cm³/mol. The Morgan fingerprint density at radius 2 is 2.38 bits per heavy atom. The van der Waals surface area contributed by atoms with Crippen molar-refractivity contribution in [1.29, 1.82) is 0 Å². The van der Waals surface area contributed by atoms with Gasteiger partial charge in [-0.3, -0.25) is 4.90 Å². The average molecular weight is 313 g/mol. The molecule has 1 aromatic rings. The third-order valence-corrected chi connectivity index (χ3v) is 4.30. The van der Waals surface area contributed by atoms with Crippen LogP contribution in [0.15, 0.2) is 16.8 Å². The number of hydrogen-bond acceptors (Lipinski definition) is 5. The van der Waals surface area contributed by atoms with Gasteiger partial charge >= 0.3 is 0 Å². The van der Waals surface area contributed by atoms with Gasteiger partial charge in [-0.2, -0.15) is 11.3 Å². The van der Waals surface area contributed by atoms with Gasteiger partial charge in [-0.25, -0.2) is 0 Å². The molecule has 4 nitrogen and oxygen atoms in total. The summed E-state index contributed by atoms with van der Waals surface area (Å²) in [6.07, 6.45) is 2.28. The van der Waals surface area contributed by atoms with Crippen LogP contribution in [-0.2, 0) is 16.0 Å². The smallest absolute Gasteiger partial charge is 0.0900 e. The van der Waals surface area contributed by atoms with Crippen LogP contribution < -0.4 is 0 Å². The van der Waals surface area contributed by atoms with Crippen LogP contribution in [0.1, 0.15) is 32.3 Å². The zero-order valence-corrected chi connectivity index (χ0v) is 13.8. The number of ether oxygens (including phenoxy) is 2. The first kappa shape index (κ1) is 16.9. The summed E-state index contributed by atoms with van der Waals surface area (Å²) in [5, 5.41) is 14.4. The van der Waals surface area contributed by atoms with Gasteiger partial charge in [0.15, 0.2) is 0 Å². The molecule has 1 aromatic heterocycles. The zero-order chi connectivity index (χ0) is 15.1. The van der Waals surface area contributed by atoms with E-state index in [4.69, 9.17) is 9.47 Å². The highest BCUT2D eigenvalue weighted by atomic mass is 32.1. The summed E-state index contributed by atoms with van der Waals surface area (Å²) >= 11 is 1.71. The number of hydrogen-bond donors (Lipinski definition) is 1. The van der Waals surface area contributed by atoms with Gasteiger partial charge in [0.05, 0.1) is 24.9 Å². The van der Waals surface area contributed by atoms with Gasteiger partial charge in [0.2, 0.25) is 0 Å². The van der Waals surface area contributed by atoms with Crippen molar-refractivity contribution in [1.82, 2.24) is 4.90 Å². The van der Waals surface area contributed by atoms with E-state index in [1.54, 1.807) is 11.3 Å². The molecule has 0 saturated carbocycles. The molecule has 120 valence electrons. The van der Waals surface area contributed by atoms with Crippen LogP contribution in [-0.4, -0.2) is 54.6 Å². The SMILES string of the molecule is CC(C)OC[C@H](O)CN(Cc1ccsc1)C[C@H]1CCCO1. The molecule has 0 aliphatic carbocycles. The normalized spacial score (nSPS) is 20.5. The lowest BCUT2D eigenvalue weighted by Gasteiger charge is -2.27. The summed E-state index contributed by atoms with van der Waals surface area (Å²) in [7, 11) is 0. The third kappa shape index (κ3) is 6.45. The molecule has 0 radical (unpaired) electrons. The van der Waals surface area contributed by atoms with E-state index in [1.165, 1.54) is 5.56 Å². The standard InChI is InChI=1S/C16H27NO3S/c1-13(2)20-11-15(18)9-17(8-14-5-7-21-12-14)10-16-4-3-6-19-16/h5,7,12-13,15-16,18H,3-4,6,8-11H2,1-2H3/t15-,16-/m1/s1. The quantitative estimate of drug-likeness (QED) is 0.761. The molecule has 21 heavy (non-hydrogen) atoms. The van der Waals surface area contributed by atoms with Crippen molar-refractivity contribution >= 4 is 11.3 Å². The summed E-state index contributed by atoms with van der Waals surface area (Å²) in [6.45, 7) is 7.61. The molecule has 0 aromatic carbocycles. The van der Waals surface area contributed by atoms with Gasteiger partial charge in [-0.05, 0) is 49.1 Å². The van der Waals surface area contributed by atoms with E-state index >= 15 is 0 Å². The van der Waals surface area contributed by atoms with Crippen LogP contribution in [0.4, 0.5) is 0 Å². The van der Waals surface area contributed by atoms with Gasteiger partial charge < -0.3 is 14.6 Å². The highest BCUT2D eigenvalue weighted by Gasteiger charge is 2.21. The fourth-order valence-electron chi connectivity index (χ4n) is 2.58. The van der Waals surface area contributed by atoms with E-state index in [0.717, 1.165) is 32.5 Å². The lowest BCUT2D eigenvalue weighted by atomic mass is 10.2. The van der Waals surface area contributed by atoms with Crippen molar-refractivity contribution in [2.45, 2.75) is 51.5 Å². The fraction of sp³-hybridized carbons (Fsp3) is 0.750. The van der Waals surface area contributed by atoms with Crippen LogP contribution in [0.3, 0.4) is 0 Å². The van der Waals surface area contributed by atoms with Crippen molar-refractivity contribution < 1.29 is 14.6 Å². The monoisotopic (exact) mass is 313 g/mol. The molecule has 0 spiro atoms. The van der Waals surface area contributed by atoms with Gasteiger partial charge in [-0.1, -0.05) is 0 Å². The van der Waals surface area contributed by atoms with E-state index in [9.17, 15) is 5.11 Å². The lowest BCUT2D eigenvalue weighted by Crippen LogP contribution is -2.39. The second kappa shape index (κ2) is 8.86. The number of thiophene rings is 1. The lowest BCUT2D eigenvalue weighted by molar-refractivity contribution is -0.0171. The van der Waals surface area contributed by atoms with Gasteiger partial charge in [-0.15, -0.1) is 0 Å². The second-order valence-corrected chi connectivity index (χ2v) is 6.78. The Morgan fingerprint density at radius 3 is 3.00 bits per heavy atom. The Bertz CT molecular complexity index is 377. The number of aliphatic hydroxyl groups excluding tert-OH is 1. The maximum Gasteiger partial charge on any atom is 0.0900 e. The Kier molecular flexibility index (Phi) is 7.13. The van der Waals surface area contributed by atoms with Crippen molar-refractivity contribution in [2.24, 2.45) is 0 Å². The summed E-state index contributed by atoms with van der Waals surface area (Å²) < 4.78 is 11.2. The molecule has 2 heterocycles. The van der Waals surface area contributed by atoms with Crippen LogP contribution in [0.5, 0.6) is 0 Å². The largest absolute Gasteiger partial charge is 0.389 e. The maximum atomic E-state index is 10.2. The average Bonchev–Trinajstić information content (AvgIpc) is 3.10. The first-order valence-electron chi connectivity index (χ1n) is 7.78. The van der Waals surface area contributed by atoms with Crippen molar-refractivity contribution in [2.75, 3.05) is 26.3 Å². The molecule has 1 aliphatic heterocycles. The van der Waals surface area contributed by atoms with Gasteiger partial charge in [0.25, 0.3) is 0 Å². The van der Waals surface area contributed by atoms with Crippen LogP contribution in [0.25, 0.3) is 0 Å². The highest BCUT2D eigenvalue weighted by Crippen LogP contribution is 2.16. The van der Waals surface area contributed by atoms with Gasteiger partial charge in [0.1, 0.15) is 0 Å². The molecule has 5 heteroatoms. The Balaban J connectivity index is 1.84. The summed E-state index contributed by atoms with van der Waals surface area (Å²) in [5.74, 6) is 0. The van der Waals surface area contributed by atoms with Crippen molar-refractivity contribution in [3.8, 4) is 0 Å². The van der Waals surface area contributed by atoms with E-state index in [1.807, 2.05) is 13.8 Å². The van der Waals surface area contributed by atoms with E-state index in [-0.39, 0.29) is 6.10 Å². The first-order valence-corrected chi connectivity index (χ1v) is 8.72. The molecule has 0 amide bonds. The predicted octanol–water partition coefficient (Wildman–Crippen LogP) is 2.52. The van der Waals surface area contributed by atoms with Crippen molar-refractivity contribution in [3.05, 3.63) is 22.4 Å². The molecule has 2 atom stereocenters.